The van der Waals surface area contributed by atoms with Crippen LogP contribution in [0.2, 0.25) is 0 Å². The Labute approximate surface area is 193 Å². The molecule has 0 aliphatic carbocycles. The van der Waals surface area contributed by atoms with Gasteiger partial charge in [0.25, 0.3) is 10.0 Å². The zero-order valence-corrected chi connectivity index (χ0v) is 20.2. The lowest BCUT2D eigenvalue weighted by Gasteiger charge is -2.25. The normalized spacial score (nSPS) is 16.4. The molecule has 32 heavy (non-hydrogen) atoms. The van der Waals surface area contributed by atoms with Crippen LogP contribution < -0.4 is 9.62 Å². The topological polar surface area (TPSA) is 66.5 Å². The predicted octanol–water partition coefficient (Wildman–Crippen LogP) is 5.50. The number of amides is 1. The summed E-state index contributed by atoms with van der Waals surface area (Å²) < 4.78 is 29.1. The molecule has 1 N–H and O–H groups in total. The molecule has 0 aromatic heterocycles. The molecule has 4 rings (SSSR count). The van der Waals surface area contributed by atoms with Gasteiger partial charge >= 0.3 is 0 Å². The molecule has 1 aliphatic rings. The van der Waals surface area contributed by atoms with E-state index >= 15 is 0 Å². The number of benzene rings is 3. The fraction of sp³-hybridized carbons (Fsp3) is 0.240. The van der Waals surface area contributed by atoms with E-state index < -0.39 is 10.0 Å². The van der Waals surface area contributed by atoms with Gasteiger partial charge in [-0.1, -0.05) is 42.0 Å². The van der Waals surface area contributed by atoms with Crippen LogP contribution in [-0.4, -0.2) is 20.1 Å². The molecule has 0 spiro atoms. The lowest BCUT2D eigenvalue weighted by molar-refractivity contribution is -0.115. The lowest BCUT2D eigenvalue weighted by Crippen LogP contribution is -2.27. The van der Waals surface area contributed by atoms with Crippen LogP contribution in [0, 0.1) is 27.7 Å². The molecule has 1 heterocycles. The van der Waals surface area contributed by atoms with Crippen LogP contribution in [0.5, 0.6) is 0 Å². The molecule has 0 unspecified atom stereocenters. The first kappa shape index (κ1) is 22.4. The standard InChI is InChI=1S/C25H26N2O3S2/c1-16-7-5-10-22(13-16)27-23(28)15-31-25(27)20-8-6-9-21(14-20)26-32(29,30)24-18(3)11-17(2)12-19(24)4/h5-14,25-26H,15H2,1-4H3/t25-/m0/s1. The number of hydrogen-bond acceptors (Lipinski definition) is 4. The van der Waals surface area contributed by atoms with Gasteiger partial charge in [-0.3, -0.25) is 14.4 Å². The van der Waals surface area contributed by atoms with Crippen LogP contribution in [0.4, 0.5) is 11.4 Å². The Kier molecular flexibility index (Phi) is 6.05. The first-order chi connectivity index (χ1) is 15.2. The minimum atomic E-state index is -3.75. The van der Waals surface area contributed by atoms with E-state index in [1.54, 1.807) is 22.7 Å². The summed E-state index contributed by atoms with van der Waals surface area (Å²) in [6, 6.07) is 18.9. The predicted molar refractivity (Wildman–Crippen MR) is 132 cm³/mol. The van der Waals surface area contributed by atoms with Crippen molar-refractivity contribution in [3.8, 4) is 0 Å². The maximum absolute atomic E-state index is 13.2. The van der Waals surface area contributed by atoms with Crippen molar-refractivity contribution in [2.24, 2.45) is 0 Å². The molecule has 1 saturated heterocycles. The summed E-state index contributed by atoms with van der Waals surface area (Å²) >= 11 is 1.54. The van der Waals surface area contributed by atoms with Crippen molar-refractivity contribution in [1.82, 2.24) is 0 Å². The highest BCUT2D eigenvalue weighted by Crippen LogP contribution is 2.42. The van der Waals surface area contributed by atoms with E-state index in [2.05, 4.69) is 4.72 Å². The highest BCUT2D eigenvalue weighted by Gasteiger charge is 2.34. The molecular weight excluding hydrogens is 440 g/mol. The number of thioether (sulfide) groups is 1. The number of carbonyl (C=O) groups is 1. The number of anilines is 2. The van der Waals surface area contributed by atoms with E-state index in [1.165, 1.54) is 0 Å². The number of nitrogens with zero attached hydrogens (tertiary/aromatic N) is 1. The molecular formula is C25H26N2O3S2. The first-order valence-corrected chi connectivity index (χ1v) is 12.9. The van der Waals surface area contributed by atoms with Crippen LogP contribution >= 0.6 is 11.8 Å². The van der Waals surface area contributed by atoms with E-state index in [0.717, 1.165) is 22.4 Å². The second-order valence-corrected chi connectivity index (χ2v) is 10.9. The van der Waals surface area contributed by atoms with Gasteiger partial charge in [-0.2, -0.15) is 0 Å². The average Bonchev–Trinajstić information content (AvgIpc) is 3.08. The highest BCUT2D eigenvalue weighted by atomic mass is 32.2. The number of rotatable bonds is 5. The summed E-state index contributed by atoms with van der Waals surface area (Å²) in [5.74, 6) is 0.429. The summed E-state index contributed by atoms with van der Waals surface area (Å²) in [7, 11) is -3.75. The third-order valence-corrected chi connectivity index (χ3v) is 8.34. The van der Waals surface area contributed by atoms with Crippen molar-refractivity contribution in [3.63, 3.8) is 0 Å². The van der Waals surface area contributed by atoms with Crippen molar-refractivity contribution in [2.45, 2.75) is 38.0 Å². The zero-order valence-electron chi connectivity index (χ0n) is 18.5. The van der Waals surface area contributed by atoms with E-state index in [1.807, 2.05) is 82.3 Å². The van der Waals surface area contributed by atoms with E-state index in [9.17, 15) is 13.2 Å². The molecule has 7 heteroatoms. The van der Waals surface area contributed by atoms with Gasteiger partial charge in [0.15, 0.2) is 0 Å². The fourth-order valence-electron chi connectivity index (χ4n) is 4.28. The van der Waals surface area contributed by atoms with Crippen LogP contribution in [-0.2, 0) is 14.8 Å². The molecule has 0 bridgehead atoms. The minimum absolute atomic E-state index is 0.0440. The Hall–Kier alpha value is -2.77. The maximum atomic E-state index is 13.2. The molecule has 166 valence electrons. The van der Waals surface area contributed by atoms with Gasteiger partial charge in [0.2, 0.25) is 5.91 Å². The largest absolute Gasteiger partial charge is 0.295 e. The van der Waals surface area contributed by atoms with Gasteiger partial charge in [0.05, 0.1) is 10.6 Å². The van der Waals surface area contributed by atoms with Gasteiger partial charge in [-0.25, -0.2) is 8.42 Å². The number of aryl methyl sites for hydroxylation is 4. The van der Waals surface area contributed by atoms with E-state index in [0.29, 0.717) is 27.5 Å². The fourth-order valence-corrected chi connectivity index (χ4v) is 6.95. The highest BCUT2D eigenvalue weighted by molar-refractivity contribution is 8.00. The van der Waals surface area contributed by atoms with Gasteiger partial charge in [-0.05, 0) is 74.2 Å². The van der Waals surface area contributed by atoms with Crippen LogP contribution in [0.25, 0.3) is 0 Å². The average molecular weight is 467 g/mol. The summed E-state index contributed by atoms with van der Waals surface area (Å²) in [5, 5.41) is -0.211. The minimum Gasteiger partial charge on any atom is -0.295 e. The van der Waals surface area contributed by atoms with Crippen molar-refractivity contribution < 1.29 is 13.2 Å². The number of nitrogens with one attached hydrogen (secondary N) is 1. The third-order valence-electron chi connectivity index (χ3n) is 5.45. The Morgan fingerprint density at radius 3 is 2.28 bits per heavy atom. The second kappa shape index (κ2) is 8.64. The van der Waals surface area contributed by atoms with Crippen molar-refractivity contribution in [2.75, 3.05) is 15.4 Å². The molecule has 1 atom stereocenters. The van der Waals surface area contributed by atoms with Crippen LogP contribution in [0.15, 0.2) is 65.6 Å². The van der Waals surface area contributed by atoms with Gasteiger partial charge in [0.1, 0.15) is 5.37 Å². The number of carbonyl (C=O) groups excluding carboxylic acids is 1. The number of hydrogen-bond donors (Lipinski definition) is 1. The summed E-state index contributed by atoms with van der Waals surface area (Å²) in [6.45, 7) is 7.57. The lowest BCUT2D eigenvalue weighted by atomic mass is 10.1. The van der Waals surface area contributed by atoms with Crippen molar-refractivity contribution in [1.29, 1.82) is 0 Å². The monoisotopic (exact) mass is 466 g/mol. The SMILES string of the molecule is Cc1cccc(N2C(=O)CS[C@H]2c2cccc(NS(=O)(=O)c3c(C)cc(C)cc3C)c2)c1. The molecule has 1 aliphatic heterocycles. The van der Waals surface area contributed by atoms with Crippen LogP contribution in [0.3, 0.4) is 0 Å². The Bertz CT molecular complexity index is 1280. The number of sulfonamides is 1. The maximum Gasteiger partial charge on any atom is 0.262 e. The Morgan fingerprint density at radius 1 is 0.906 bits per heavy atom. The quantitative estimate of drug-likeness (QED) is 0.539. The van der Waals surface area contributed by atoms with E-state index in [4.69, 9.17) is 0 Å². The van der Waals surface area contributed by atoms with Crippen molar-refractivity contribution in [3.05, 3.63) is 88.5 Å². The molecule has 1 fully saturated rings. The smallest absolute Gasteiger partial charge is 0.262 e. The zero-order chi connectivity index (χ0) is 23.0. The molecule has 3 aromatic carbocycles. The second-order valence-electron chi connectivity index (χ2n) is 8.22. The van der Waals surface area contributed by atoms with Gasteiger partial charge < -0.3 is 0 Å². The van der Waals surface area contributed by atoms with Gasteiger partial charge in [-0.15, -0.1) is 11.8 Å². The van der Waals surface area contributed by atoms with Gasteiger partial charge in [0, 0.05) is 11.4 Å². The molecule has 3 aromatic rings. The summed E-state index contributed by atoms with van der Waals surface area (Å²) in [5.41, 5.74) is 5.74. The molecule has 1 amide bonds. The van der Waals surface area contributed by atoms with E-state index in [-0.39, 0.29) is 11.3 Å². The Morgan fingerprint density at radius 2 is 1.59 bits per heavy atom. The molecule has 0 saturated carbocycles. The summed E-state index contributed by atoms with van der Waals surface area (Å²) in [6.07, 6.45) is 0. The summed E-state index contributed by atoms with van der Waals surface area (Å²) in [4.78, 5) is 14.8. The Balaban J connectivity index is 1.66. The van der Waals surface area contributed by atoms with Crippen LogP contribution in [0.1, 0.15) is 33.2 Å². The third kappa shape index (κ3) is 4.40. The van der Waals surface area contributed by atoms with Crippen molar-refractivity contribution >= 4 is 39.1 Å². The first-order valence-electron chi connectivity index (χ1n) is 10.4. The molecule has 0 radical (unpaired) electrons. The molecule has 5 nitrogen and oxygen atoms in total.